The van der Waals surface area contributed by atoms with E-state index >= 15 is 0 Å². The average Bonchev–Trinajstić information content (AvgIpc) is 3.08. The van der Waals surface area contributed by atoms with Crippen LogP contribution < -0.4 is 25.2 Å². The van der Waals surface area contributed by atoms with Crippen molar-refractivity contribution in [2.24, 2.45) is 5.73 Å². The fraction of sp³-hybridized carbons (Fsp3) is 0.333. The van der Waals surface area contributed by atoms with E-state index in [1.807, 2.05) is 76.2 Å². The van der Waals surface area contributed by atoms with Gasteiger partial charge in [0.25, 0.3) is 5.91 Å². The summed E-state index contributed by atoms with van der Waals surface area (Å²) in [6.07, 6.45) is 0.289. The van der Waals surface area contributed by atoms with Crippen molar-refractivity contribution in [1.29, 1.82) is 0 Å². The molecule has 0 fully saturated rings. The number of benzene rings is 3. The van der Waals surface area contributed by atoms with Crippen LogP contribution in [0.1, 0.15) is 56.7 Å². The summed E-state index contributed by atoms with van der Waals surface area (Å²) in [7, 11) is -3.98. The smallest absolute Gasteiger partial charge is 0.320 e. The van der Waals surface area contributed by atoms with E-state index in [9.17, 15) is 27.6 Å². The molecule has 0 aliphatic carbocycles. The summed E-state index contributed by atoms with van der Waals surface area (Å²) in [4.78, 5) is 55.5. The molecule has 12 heteroatoms. The van der Waals surface area contributed by atoms with Gasteiger partial charge in [-0.15, -0.1) is 0 Å². The van der Waals surface area contributed by atoms with Gasteiger partial charge in [-0.3, -0.25) is 19.3 Å². The number of sulfonamides is 1. The van der Waals surface area contributed by atoms with Gasteiger partial charge in [-0.2, -0.15) is 0 Å². The van der Waals surface area contributed by atoms with Gasteiger partial charge in [0.2, 0.25) is 22.3 Å². The standard InChI is InChI=1S/C33H39N5O6S/c1-6-45(43,44)37(21-39)24-13-10-14-25(18-24)38(32(34)42)29-19-27(23-11-8-7-9-12-23)26-16-15-22(2)17-28(26)36(31(29)41)20-30(40)35-33(3,4)5/h7-18,21,27,29H,6,19-20H2,1-5H3,(H2,34,42)(H,35,40). The Morgan fingerprint density at radius 3 is 2.29 bits per heavy atom. The number of hydrogen-bond acceptors (Lipinski definition) is 6. The second-order valence-electron chi connectivity index (χ2n) is 12.0. The van der Waals surface area contributed by atoms with E-state index in [4.69, 9.17) is 5.73 Å². The fourth-order valence-electron chi connectivity index (χ4n) is 5.58. The minimum absolute atomic E-state index is 0.0170. The van der Waals surface area contributed by atoms with Crippen molar-refractivity contribution >= 4 is 51.3 Å². The zero-order valence-electron chi connectivity index (χ0n) is 26.1. The van der Waals surface area contributed by atoms with Gasteiger partial charge in [-0.1, -0.05) is 48.5 Å². The maximum absolute atomic E-state index is 14.6. The van der Waals surface area contributed by atoms with Crippen LogP contribution in [0.4, 0.5) is 21.9 Å². The van der Waals surface area contributed by atoms with Crippen molar-refractivity contribution in [3.8, 4) is 0 Å². The van der Waals surface area contributed by atoms with Gasteiger partial charge in [-0.05, 0) is 82.0 Å². The second-order valence-corrected chi connectivity index (χ2v) is 14.2. The van der Waals surface area contributed by atoms with Crippen molar-refractivity contribution in [3.63, 3.8) is 0 Å². The van der Waals surface area contributed by atoms with Crippen LogP contribution in [0.15, 0.2) is 72.8 Å². The summed E-state index contributed by atoms with van der Waals surface area (Å²) in [5.41, 5.74) is 8.60. The molecule has 0 aromatic heterocycles. The first-order valence-electron chi connectivity index (χ1n) is 14.6. The lowest BCUT2D eigenvalue weighted by Gasteiger charge is -2.33. The number of urea groups is 1. The van der Waals surface area contributed by atoms with E-state index in [2.05, 4.69) is 5.32 Å². The summed E-state index contributed by atoms with van der Waals surface area (Å²) in [6.45, 7) is 8.50. The molecule has 11 nitrogen and oxygen atoms in total. The Kier molecular flexibility index (Phi) is 9.67. The molecule has 1 aliphatic rings. The Labute approximate surface area is 264 Å². The number of anilines is 3. The first-order chi connectivity index (χ1) is 21.2. The number of nitrogens with one attached hydrogen (secondary N) is 1. The monoisotopic (exact) mass is 633 g/mol. The Balaban J connectivity index is 1.92. The molecular weight excluding hydrogens is 594 g/mol. The van der Waals surface area contributed by atoms with Crippen LogP contribution >= 0.6 is 0 Å². The van der Waals surface area contributed by atoms with Crippen LogP contribution in [0.2, 0.25) is 0 Å². The number of nitrogens with two attached hydrogens (primary N) is 1. The highest BCUT2D eigenvalue weighted by atomic mass is 32.2. The highest BCUT2D eigenvalue weighted by Crippen LogP contribution is 2.42. The Hall–Kier alpha value is -4.71. The number of nitrogens with zero attached hydrogens (tertiary/aromatic N) is 3. The lowest BCUT2D eigenvalue weighted by Crippen LogP contribution is -2.55. The first-order valence-corrected chi connectivity index (χ1v) is 16.2. The van der Waals surface area contributed by atoms with Gasteiger partial charge in [0, 0.05) is 22.8 Å². The normalized spacial score (nSPS) is 16.7. The van der Waals surface area contributed by atoms with Gasteiger partial charge in [-0.25, -0.2) is 17.5 Å². The van der Waals surface area contributed by atoms with E-state index in [0.717, 1.165) is 21.6 Å². The zero-order valence-corrected chi connectivity index (χ0v) is 26.9. The van der Waals surface area contributed by atoms with E-state index in [0.29, 0.717) is 9.99 Å². The first kappa shape index (κ1) is 33.2. The Morgan fingerprint density at radius 1 is 1.02 bits per heavy atom. The van der Waals surface area contributed by atoms with Crippen LogP contribution in [0, 0.1) is 6.92 Å². The van der Waals surface area contributed by atoms with E-state index < -0.39 is 33.5 Å². The minimum Gasteiger partial charge on any atom is -0.351 e. The molecular formula is C33H39N5O6S. The molecule has 2 unspecified atom stereocenters. The summed E-state index contributed by atoms with van der Waals surface area (Å²) in [5, 5.41) is 2.91. The van der Waals surface area contributed by atoms with Crippen LogP contribution in [0.25, 0.3) is 0 Å². The third-order valence-corrected chi connectivity index (χ3v) is 9.18. The number of hydrogen-bond donors (Lipinski definition) is 2. The van der Waals surface area contributed by atoms with Crippen LogP contribution in [-0.2, 0) is 24.4 Å². The number of primary amides is 1. The van der Waals surface area contributed by atoms with Gasteiger partial charge >= 0.3 is 6.03 Å². The molecule has 238 valence electrons. The summed E-state index contributed by atoms with van der Waals surface area (Å²) in [6, 6.07) is 18.8. The largest absolute Gasteiger partial charge is 0.351 e. The molecule has 1 heterocycles. The molecule has 3 aromatic rings. The highest BCUT2D eigenvalue weighted by Gasteiger charge is 2.41. The molecule has 45 heavy (non-hydrogen) atoms. The van der Waals surface area contributed by atoms with E-state index in [1.54, 1.807) is 0 Å². The molecule has 0 saturated heterocycles. The number of carbonyl (C=O) groups is 4. The number of carbonyl (C=O) groups excluding carboxylic acids is 4. The van der Waals surface area contributed by atoms with Gasteiger partial charge in [0.15, 0.2) is 0 Å². The molecule has 0 spiro atoms. The second kappa shape index (κ2) is 13.1. The van der Waals surface area contributed by atoms with Crippen LogP contribution in [0.3, 0.4) is 0 Å². The summed E-state index contributed by atoms with van der Waals surface area (Å²) in [5.74, 6) is -1.65. The lowest BCUT2D eigenvalue weighted by atomic mass is 9.85. The topological polar surface area (TPSA) is 150 Å². The predicted octanol–water partition coefficient (Wildman–Crippen LogP) is 4.04. The Morgan fingerprint density at radius 2 is 1.69 bits per heavy atom. The summed E-state index contributed by atoms with van der Waals surface area (Å²) >= 11 is 0. The Bertz CT molecular complexity index is 1700. The van der Waals surface area contributed by atoms with E-state index in [-0.39, 0.29) is 48.3 Å². The summed E-state index contributed by atoms with van der Waals surface area (Å²) < 4.78 is 25.9. The van der Waals surface area contributed by atoms with Crippen molar-refractivity contribution in [1.82, 2.24) is 5.32 Å². The SMILES string of the molecule is CCS(=O)(=O)N(C=O)c1cccc(N(C(N)=O)C2CC(c3ccccc3)c3ccc(C)cc3N(CC(=O)NC(C)(C)C)C2=O)c1. The van der Waals surface area contributed by atoms with Gasteiger partial charge in [0.1, 0.15) is 12.6 Å². The molecule has 0 radical (unpaired) electrons. The molecule has 4 rings (SSSR count). The number of amides is 5. The molecule has 0 bridgehead atoms. The third-order valence-electron chi connectivity index (χ3n) is 7.55. The highest BCUT2D eigenvalue weighted by molar-refractivity contribution is 7.93. The lowest BCUT2D eigenvalue weighted by molar-refractivity contribution is -0.125. The van der Waals surface area contributed by atoms with Gasteiger partial charge < -0.3 is 16.0 Å². The fourth-order valence-corrected chi connectivity index (χ4v) is 6.42. The molecule has 1 aliphatic heterocycles. The number of aryl methyl sites for hydroxylation is 1. The number of rotatable bonds is 9. The van der Waals surface area contributed by atoms with Crippen LogP contribution in [-0.4, -0.2) is 56.6 Å². The zero-order chi connectivity index (χ0) is 33.1. The molecule has 3 N–H and O–H groups in total. The van der Waals surface area contributed by atoms with E-state index in [1.165, 1.54) is 36.1 Å². The maximum atomic E-state index is 14.6. The quantitative estimate of drug-likeness (QED) is 0.340. The molecule has 3 aromatic carbocycles. The molecule has 2 atom stereocenters. The van der Waals surface area contributed by atoms with Crippen molar-refractivity contribution in [2.75, 3.05) is 26.4 Å². The molecule has 5 amide bonds. The minimum atomic E-state index is -3.98. The predicted molar refractivity (Wildman–Crippen MR) is 175 cm³/mol. The third kappa shape index (κ3) is 7.34. The average molecular weight is 634 g/mol. The van der Waals surface area contributed by atoms with Gasteiger partial charge in [0.05, 0.1) is 11.4 Å². The van der Waals surface area contributed by atoms with Crippen molar-refractivity contribution in [3.05, 3.63) is 89.5 Å². The number of fused-ring (bicyclic) bond motifs is 1. The maximum Gasteiger partial charge on any atom is 0.320 e. The van der Waals surface area contributed by atoms with Crippen LogP contribution in [0.5, 0.6) is 0 Å². The van der Waals surface area contributed by atoms with Crippen molar-refractivity contribution < 1.29 is 27.6 Å². The van der Waals surface area contributed by atoms with Crippen molar-refractivity contribution in [2.45, 2.75) is 58.5 Å². The molecule has 0 saturated carbocycles.